The summed E-state index contributed by atoms with van der Waals surface area (Å²) in [6.07, 6.45) is 1.43. The van der Waals surface area contributed by atoms with Crippen molar-refractivity contribution in [2.75, 3.05) is 7.11 Å². The van der Waals surface area contributed by atoms with Gasteiger partial charge in [0.15, 0.2) is 0 Å². The number of hydrogen-bond acceptors (Lipinski definition) is 2. The fourth-order valence-electron chi connectivity index (χ4n) is 1.58. The molecular weight excluding hydrogens is 268 g/mol. The van der Waals surface area contributed by atoms with Crippen LogP contribution in [0.2, 0.25) is 0 Å². The molecule has 0 spiro atoms. The molecule has 1 N–H and O–H groups in total. The lowest BCUT2D eigenvalue weighted by atomic mass is 9.96. The molecule has 3 heteroatoms. The van der Waals surface area contributed by atoms with Crippen molar-refractivity contribution in [1.82, 2.24) is 0 Å². The average Bonchev–Trinajstić information content (AvgIpc) is 2.29. The number of ether oxygens (including phenoxy) is 1. The van der Waals surface area contributed by atoms with Crippen molar-refractivity contribution in [3.05, 3.63) is 28.2 Å². The molecule has 0 amide bonds. The van der Waals surface area contributed by atoms with E-state index in [9.17, 15) is 5.11 Å². The summed E-state index contributed by atoms with van der Waals surface area (Å²) in [7, 11) is 1.63. The predicted molar refractivity (Wildman–Crippen MR) is 69.7 cm³/mol. The van der Waals surface area contributed by atoms with Crippen LogP contribution in [0.25, 0.3) is 0 Å². The molecule has 0 aliphatic heterocycles. The van der Waals surface area contributed by atoms with Crippen molar-refractivity contribution < 1.29 is 9.84 Å². The van der Waals surface area contributed by atoms with Crippen LogP contribution in [0.15, 0.2) is 22.7 Å². The summed E-state index contributed by atoms with van der Waals surface area (Å²) in [5, 5.41) is 10.1. The number of methoxy groups -OCH3 is 1. The van der Waals surface area contributed by atoms with E-state index in [4.69, 9.17) is 4.74 Å². The summed E-state index contributed by atoms with van der Waals surface area (Å²) in [5.74, 6) is 1.30. The topological polar surface area (TPSA) is 29.5 Å². The summed E-state index contributed by atoms with van der Waals surface area (Å²) >= 11 is 3.46. The molecule has 0 aromatic heterocycles. The normalized spacial score (nSPS) is 14.6. The number of benzene rings is 1. The standard InChI is InChI=1S/C13H19BrO2/c1-4-9(2)7-13(15)11-8-10(16-3)5-6-12(11)14/h5-6,8-9,13,15H,4,7H2,1-3H3. The first-order valence-corrected chi connectivity index (χ1v) is 6.39. The number of aliphatic hydroxyl groups is 1. The SMILES string of the molecule is CCC(C)CC(O)c1cc(OC)ccc1Br. The van der Waals surface area contributed by atoms with Gasteiger partial charge in [-0.1, -0.05) is 36.2 Å². The predicted octanol–water partition coefficient (Wildman–Crippen LogP) is 3.93. The third-order valence-electron chi connectivity index (χ3n) is 2.88. The van der Waals surface area contributed by atoms with Gasteiger partial charge >= 0.3 is 0 Å². The fourth-order valence-corrected chi connectivity index (χ4v) is 2.09. The van der Waals surface area contributed by atoms with Crippen LogP contribution in [0.4, 0.5) is 0 Å². The highest BCUT2D eigenvalue weighted by atomic mass is 79.9. The van der Waals surface area contributed by atoms with E-state index in [0.29, 0.717) is 5.92 Å². The van der Waals surface area contributed by atoms with Crippen LogP contribution < -0.4 is 4.74 Å². The first kappa shape index (κ1) is 13.5. The van der Waals surface area contributed by atoms with Crippen molar-refractivity contribution in [3.63, 3.8) is 0 Å². The Morgan fingerprint density at radius 3 is 2.69 bits per heavy atom. The van der Waals surface area contributed by atoms with Gasteiger partial charge in [-0.05, 0) is 36.1 Å². The minimum absolute atomic E-state index is 0.431. The molecule has 0 heterocycles. The zero-order chi connectivity index (χ0) is 12.1. The summed E-state index contributed by atoms with van der Waals surface area (Å²) in [4.78, 5) is 0. The molecule has 90 valence electrons. The van der Waals surface area contributed by atoms with Crippen LogP contribution in [-0.2, 0) is 0 Å². The third kappa shape index (κ3) is 3.49. The van der Waals surface area contributed by atoms with E-state index in [0.717, 1.165) is 28.6 Å². The highest BCUT2D eigenvalue weighted by molar-refractivity contribution is 9.10. The second-order valence-corrected chi connectivity index (χ2v) is 5.01. The lowest BCUT2D eigenvalue weighted by Gasteiger charge is -2.17. The highest BCUT2D eigenvalue weighted by Gasteiger charge is 2.15. The second-order valence-electron chi connectivity index (χ2n) is 4.15. The van der Waals surface area contributed by atoms with Gasteiger partial charge in [0.25, 0.3) is 0 Å². The molecule has 0 saturated heterocycles. The van der Waals surface area contributed by atoms with Crippen molar-refractivity contribution in [3.8, 4) is 5.75 Å². The molecule has 2 nitrogen and oxygen atoms in total. The van der Waals surface area contributed by atoms with Gasteiger partial charge in [-0.2, -0.15) is 0 Å². The average molecular weight is 287 g/mol. The third-order valence-corrected chi connectivity index (χ3v) is 3.61. The van der Waals surface area contributed by atoms with E-state index in [1.165, 1.54) is 0 Å². The number of aliphatic hydroxyl groups excluding tert-OH is 1. The number of rotatable bonds is 5. The van der Waals surface area contributed by atoms with Crippen molar-refractivity contribution in [1.29, 1.82) is 0 Å². The Bertz CT molecular complexity index is 339. The molecule has 1 aromatic rings. The zero-order valence-electron chi connectivity index (χ0n) is 10.0. The van der Waals surface area contributed by atoms with Gasteiger partial charge < -0.3 is 9.84 Å². The molecule has 1 aromatic carbocycles. The van der Waals surface area contributed by atoms with Gasteiger partial charge in [0.05, 0.1) is 13.2 Å². The van der Waals surface area contributed by atoms with Gasteiger partial charge in [-0.3, -0.25) is 0 Å². The Morgan fingerprint density at radius 1 is 1.44 bits per heavy atom. The van der Waals surface area contributed by atoms with E-state index in [-0.39, 0.29) is 0 Å². The van der Waals surface area contributed by atoms with Gasteiger partial charge in [-0.15, -0.1) is 0 Å². The molecule has 0 aliphatic rings. The van der Waals surface area contributed by atoms with Crippen LogP contribution in [0.1, 0.15) is 38.4 Å². The van der Waals surface area contributed by atoms with E-state index in [1.807, 2.05) is 18.2 Å². The van der Waals surface area contributed by atoms with Gasteiger partial charge in [-0.25, -0.2) is 0 Å². The molecular formula is C13H19BrO2. The molecule has 16 heavy (non-hydrogen) atoms. The van der Waals surface area contributed by atoms with Crippen LogP contribution in [0.3, 0.4) is 0 Å². The zero-order valence-corrected chi connectivity index (χ0v) is 11.6. The van der Waals surface area contributed by atoms with E-state index in [2.05, 4.69) is 29.8 Å². The summed E-state index contributed by atoms with van der Waals surface area (Å²) in [6, 6.07) is 5.68. The Kier molecular flexibility index (Phi) is 5.29. The molecule has 0 saturated carbocycles. The maximum absolute atomic E-state index is 10.1. The van der Waals surface area contributed by atoms with E-state index in [1.54, 1.807) is 7.11 Å². The summed E-state index contributed by atoms with van der Waals surface area (Å²) < 4.78 is 6.09. The van der Waals surface area contributed by atoms with Crippen molar-refractivity contribution in [2.24, 2.45) is 5.92 Å². The minimum atomic E-state index is -0.431. The lowest BCUT2D eigenvalue weighted by Crippen LogP contribution is -2.04. The van der Waals surface area contributed by atoms with Crippen LogP contribution in [0, 0.1) is 5.92 Å². The van der Waals surface area contributed by atoms with Crippen molar-refractivity contribution in [2.45, 2.75) is 32.8 Å². The molecule has 0 bridgehead atoms. The van der Waals surface area contributed by atoms with E-state index < -0.39 is 6.10 Å². The maximum atomic E-state index is 10.1. The van der Waals surface area contributed by atoms with Gasteiger partial charge in [0.2, 0.25) is 0 Å². The smallest absolute Gasteiger partial charge is 0.119 e. The quantitative estimate of drug-likeness (QED) is 0.889. The molecule has 0 fully saturated rings. The van der Waals surface area contributed by atoms with Crippen LogP contribution in [-0.4, -0.2) is 12.2 Å². The van der Waals surface area contributed by atoms with Gasteiger partial charge in [0.1, 0.15) is 5.75 Å². The highest BCUT2D eigenvalue weighted by Crippen LogP contribution is 2.31. The number of halogens is 1. The Hall–Kier alpha value is -0.540. The summed E-state index contributed by atoms with van der Waals surface area (Å²) in [5.41, 5.74) is 0.902. The van der Waals surface area contributed by atoms with Crippen molar-refractivity contribution >= 4 is 15.9 Å². The summed E-state index contributed by atoms with van der Waals surface area (Å²) in [6.45, 7) is 4.29. The fraction of sp³-hybridized carbons (Fsp3) is 0.538. The lowest BCUT2D eigenvalue weighted by molar-refractivity contribution is 0.145. The monoisotopic (exact) mass is 286 g/mol. The molecule has 0 aliphatic carbocycles. The van der Waals surface area contributed by atoms with Gasteiger partial charge in [0, 0.05) is 4.47 Å². The van der Waals surface area contributed by atoms with Crippen LogP contribution in [0.5, 0.6) is 5.75 Å². The Morgan fingerprint density at radius 2 is 2.12 bits per heavy atom. The number of hydrogen-bond donors (Lipinski definition) is 1. The van der Waals surface area contributed by atoms with E-state index >= 15 is 0 Å². The van der Waals surface area contributed by atoms with Crippen LogP contribution >= 0.6 is 15.9 Å². The Labute approximate surface area is 106 Å². The Balaban J connectivity index is 2.84. The molecule has 2 unspecified atom stereocenters. The first-order valence-electron chi connectivity index (χ1n) is 5.60. The maximum Gasteiger partial charge on any atom is 0.119 e. The molecule has 1 rings (SSSR count). The largest absolute Gasteiger partial charge is 0.497 e. The minimum Gasteiger partial charge on any atom is -0.497 e. The molecule has 2 atom stereocenters. The second kappa shape index (κ2) is 6.26. The molecule has 0 radical (unpaired) electrons. The first-order chi connectivity index (χ1) is 7.58.